The zero-order valence-electron chi connectivity index (χ0n) is 11.2. The highest BCUT2D eigenvalue weighted by Crippen LogP contribution is 2.24. The van der Waals surface area contributed by atoms with Crippen LogP contribution >= 0.6 is 22.6 Å². The molecule has 0 unspecified atom stereocenters. The molecular weight excluding hydrogens is 363 g/mol. The molecule has 0 fully saturated rings. The van der Waals surface area contributed by atoms with Gasteiger partial charge in [0.05, 0.1) is 12.4 Å². The fraction of sp³-hybridized carbons (Fsp3) is 0.200. The van der Waals surface area contributed by atoms with Crippen LogP contribution in [0.1, 0.15) is 5.56 Å². The molecule has 0 N–H and O–H groups in total. The van der Waals surface area contributed by atoms with E-state index in [4.69, 9.17) is 0 Å². The minimum Gasteiger partial charge on any atom is -0.276 e. The molecule has 4 nitrogen and oxygen atoms in total. The summed E-state index contributed by atoms with van der Waals surface area (Å²) in [5.41, 5.74) is 3.64. The monoisotopic (exact) mass is 378 g/mol. The molecule has 0 aliphatic carbocycles. The molecule has 0 aliphatic heterocycles. The highest BCUT2D eigenvalue weighted by molar-refractivity contribution is 14.1. The largest absolute Gasteiger partial charge is 0.276 e. The maximum atomic E-state index is 4.44. The number of aryl methyl sites for hydroxylation is 3. The highest BCUT2D eigenvalue weighted by Gasteiger charge is 2.05. The van der Waals surface area contributed by atoms with Crippen LogP contribution in [-0.4, -0.2) is 19.6 Å². The molecule has 0 saturated carbocycles. The van der Waals surface area contributed by atoms with E-state index in [0.717, 1.165) is 13.0 Å². The summed E-state index contributed by atoms with van der Waals surface area (Å²) in [6, 6.07) is 8.36. The average molecular weight is 378 g/mol. The van der Waals surface area contributed by atoms with E-state index < -0.39 is 0 Å². The molecule has 3 aromatic rings. The third kappa shape index (κ3) is 2.92. The standard InChI is InChI=1S/C15H15IN4/c1-19-10-12(8-17-19)6-7-20-11-13(9-18-20)14-4-2-3-5-15(14)16/h2-5,8-11H,6-7H2,1H3. The first-order valence-corrected chi connectivity index (χ1v) is 7.55. The number of hydrogen-bond donors (Lipinski definition) is 0. The number of benzene rings is 1. The Morgan fingerprint density at radius 3 is 2.70 bits per heavy atom. The Balaban J connectivity index is 1.72. The molecule has 2 aromatic heterocycles. The van der Waals surface area contributed by atoms with Gasteiger partial charge in [0.15, 0.2) is 0 Å². The molecule has 0 saturated heterocycles. The Morgan fingerprint density at radius 2 is 1.95 bits per heavy atom. The quantitative estimate of drug-likeness (QED) is 0.654. The second-order valence-electron chi connectivity index (χ2n) is 4.74. The average Bonchev–Trinajstić information content (AvgIpc) is 3.06. The fourth-order valence-electron chi connectivity index (χ4n) is 2.16. The number of rotatable bonds is 4. The van der Waals surface area contributed by atoms with Crippen LogP contribution in [0, 0.1) is 3.57 Å². The van der Waals surface area contributed by atoms with Crippen molar-refractivity contribution in [2.45, 2.75) is 13.0 Å². The molecule has 0 spiro atoms. The maximum absolute atomic E-state index is 4.44. The summed E-state index contributed by atoms with van der Waals surface area (Å²) in [4.78, 5) is 0. The summed E-state index contributed by atoms with van der Waals surface area (Å²) in [7, 11) is 1.94. The van der Waals surface area contributed by atoms with Crippen molar-refractivity contribution in [3.05, 3.63) is 58.2 Å². The van der Waals surface area contributed by atoms with E-state index in [-0.39, 0.29) is 0 Å². The molecule has 20 heavy (non-hydrogen) atoms. The third-order valence-corrected chi connectivity index (χ3v) is 4.15. The molecule has 0 atom stereocenters. The van der Waals surface area contributed by atoms with E-state index in [9.17, 15) is 0 Å². The summed E-state index contributed by atoms with van der Waals surface area (Å²) in [6.45, 7) is 0.870. The van der Waals surface area contributed by atoms with Gasteiger partial charge in [-0.2, -0.15) is 10.2 Å². The first-order valence-electron chi connectivity index (χ1n) is 6.47. The second kappa shape index (κ2) is 5.78. The van der Waals surface area contributed by atoms with Crippen molar-refractivity contribution in [1.82, 2.24) is 19.6 Å². The van der Waals surface area contributed by atoms with E-state index in [0.29, 0.717) is 0 Å². The Hall–Kier alpha value is -1.63. The Morgan fingerprint density at radius 1 is 1.10 bits per heavy atom. The zero-order valence-corrected chi connectivity index (χ0v) is 13.4. The normalized spacial score (nSPS) is 10.9. The molecule has 0 bridgehead atoms. The van der Waals surface area contributed by atoms with Gasteiger partial charge in [0.2, 0.25) is 0 Å². The summed E-state index contributed by atoms with van der Waals surface area (Å²) >= 11 is 2.36. The highest BCUT2D eigenvalue weighted by atomic mass is 127. The SMILES string of the molecule is Cn1cc(CCn2cc(-c3ccccc3I)cn2)cn1. The first kappa shape index (κ1) is 13.4. The lowest BCUT2D eigenvalue weighted by atomic mass is 10.1. The lowest BCUT2D eigenvalue weighted by Gasteiger charge is -2.01. The smallest absolute Gasteiger partial charge is 0.0568 e. The van der Waals surface area contributed by atoms with Gasteiger partial charge in [0.1, 0.15) is 0 Å². The van der Waals surface area contributed by atoms with E-state index in [2.05, 4.69) is 63.3 Å². The van der Waals surface area contributed by atoms with Gasteiger partial charge >= 0.3 is 0 Å². The molecule has 5 heteroatoms. The number of halogens is 1. The fourth-order valence-corrected chi connectivity index (χ4v) is 2.86. The lowest BCUT2D eigenvalue weighted by molar-refractivity contribution is 0.614. The molecule has 102 valence electrons. The van der Waals surface area contributed by atoms with Gasteiger partial charge in [-0.25, -0.2) is 0 Å². The zero-order chi connectivity index (χ0) is 13.9. The van der Waals surface area contributed by atoms with Crippen LogP contribution in [0.4, 0.5) is 0 Å². The topological polar surface area (TPSA) is 35.6 Å². The van der Waals surface area contributed by atoms with Crippen molar-refractivity contribution in [2.75, 3.05) is 0 Å². The molecule has 0 amide bonds. The van der Waals surface area contributed by atoms with Gasteiger partial charge < -0.3 is 0 Å². The van der Waals surface area contributed by atoms with Gasteiger partial charge in [-0.15, -0.1) is 0 Å². The molecule has 0 radical (unpaired) electrons. The van der Waals surface area contributed by atoms with Crippen molar-refractivity contribution in [3.63, 3.8) is 0 Å². The van der Waals surface area contributed by atoms with Crippen molar-refractivity contribution in [2.24, 2.45) is 7.05 Å². The predicted octanol–water partition coefficient (Wildman–Crippen LogP) is 3.13. The van der Waals surface area contributed by atoms with Crippen LogP contribution in [0.25, 0.3) is 11.1 Å². The van der Waals surface area contributed by atoms with Crippen LogP contribution in [-0.2, 0) is 20.0 Å². The summed E-state index contributed by atoms with van der Waals surface area (Å²) < 4.78 is 5.07. The van der Waals surface area contributed by atoms with Crippen molar-refractivity contribution in [1.29, 1.82) is 0 Å². The van der Waals surface area contributed by atoms with Gasteiger partial charge in [0, 0.05) is 35.1 Å². The number of aromatic nitrogens is 4. The van der Waals surface area contributed by atoms with E-state index in [1.54, 1.807) is 0 Å². The van der Waals surface area contributed by atoms with Crippen LogP contribution in [0.5, 0.6) is 0 Å². The van der Waals surface area contributed by atoms with Gasteiger partial charge in [-0.3, -0.25) is 9.36 Å². The van der Waals surface area contributed by atoms with E-state index in [1.165, 1.54) is 20.3 Å². The van der Waals surface area contributed by atoms with Gasteiger partial charge in [-0.1, -0.05) is 18.2 Å². The Bertz CT molecular complexity index is 714. The molecule has 3 rings (SSSR count). The van der Waals surface area contributed by atoms with Crippen LogP contribution in [0.3, 0.4) is 0 Å². The minimum absolute atomic E-state index is 0.870. The summed E-state index contributed by atoms with van der Waals surface area (Å²) in [5, 5.41) is 8.62. The van der Waals surface area contributed by atoms with Crippen molar-refractivity contribution < 1.29 is 0 Å². The van der Waals surface area contributed by atoms with E-state index in [1.807, 2.05) is 35.0 Å². The maximum Gasteiger partial charge on any atom is 0.0568 e. The Labute approximate surface area is 131 Å². The lowest BCUT2D eigenvalue weighted by Crippen LogP contribution is -2.00. The van der Waals surface area contributed by atoms with Gasteiger partial charge in [0.25, 0.3) is 0 Å². The molecule has 0 aliphatic rings. The molecule has 2 heterocycles. The van der Waals surface area contributed by atoms with Crippen LogP contribution < -0.4 is 0 Å². The summed E-state index contributed by atoms with van der Waals surface area (Å²) in [5.74, 6) is 0. The van der Waals surface area contributed by atoms with Crippen molar-refractivity contribution in [3.8, 4) is 11.1 Å². The second-order valence-corrected chi connectivity index (χ2v) is 5.91. The molecule has 1 aromatic carbocycles. The summed E-state index contributed by atoms with van der Waals surface area (Å²) in [6.07, 6.45) is 8.94. The third-order valence-electron chi connectivity index (χ3n) is 3.21. The van der Waals surface area contributed by atoms with Crippen LogP contribution in [0.15, 0.2) is 49.1 Å². The number of nitrogens with zero attached hydrogens (tertiary/aromatic N) is 4. The molecular formula is C15H15IN4. The predicted molar refractivity (Wildman–Crippen MR) is 87.3 cm³/mol. The van der Waals surface area contributed by atoms with Crippen LogP contribution in [0.2, 0.25) is 0 Å². The minimum atomic E-state index is 0.870. The van der Waals surface area contributed by atoms with Gasteiger partial charge in [-0.05, 0) is 46.2 Å². The Kier molecular flexibility index (Phi) is 3.86. The van der Waals surface area contributed by atoms with Crippen molar-refractivity contribution >= 4 is 22.6 Å². The van der Waals surface area contributed by atoms with E-state index >= 15 is 0 Å². The first-order chi connectivity index (χ1) is 9.72. The number of hydrogen-bond acceptors (Lipinski definition) is 2.